The smallest absolute Gasteiger partial charge is 0.185 e. The predicted octanol–water partition coefficient (Wildman–Crippen LogP) is 1.47. The van der Waals surface area contributed by atoms with Crippen LogP contribution in [0, 0.1) is 0 Å². The van der Waals surface area contributed by atoms with E-state index in [0.29, 0.717) is 0 Å². The summed E-state index contributed by atoms with van der Waals surface area (Å²) in [5.74, 6) is -0.424. The second-order valence-electron chi connectivity index (χ2n) is 3.46. The molecule has 1 fully saturated rings. The van der Waals surface area contributed by atoms with Gasteiger partial charge in [-0.05, 0) is 26.3 Å². The number of hydrogen-bond acceptors (Lipinski definition) is 2. The molecule has 0 aromatic heterocycles. The van der Waals surface area contributed by atoms with Gasteiger partial charge >= 0.3 is 0 Å². The molecule has 56 valence electrons. The van der Waals surface area contributed by atoms with Gasteiger partial charge in [-0.1, -0.05) is 6.08 Å². The molecule has 0 aliphatic carbocycles. The lowest BCUT2D eigenvalue weighted by Gasteiger charge is -2.28. The Morgan fingerprint density at radius 2 is 2.20 bits per heavy atom. The maximum Gasteiger partial charge on any atom is 0.185 e. The first kappa shape index (κ1) is 6.38. The molecular formula is C8H12O2. The second-order valence-corrected chi connectivity index (χ2v) is 3.46. The molecule has 2 aliphatic rings. The zero-order valence-electron chi connectivity index (χ0n) is 6.39. The van der Waals surface area contributed by atoms with Crippen LogP contribution < -0.4 is 0 Å². The van der Waals surface area contributed by atoms with Crippen molar-refractivity contribution in [1.82, 2.24) is 0 Å². The molecule has 0 aromatic rings. The van der Waals surface area contributed by atoms with E-state index < -0.39 is 5.79 Å². The highest BCUT2D eigenvalue weighted by atomic mass is 16.8. The van der Waals surface area contributed by atoms with E-state index in [2.05, 4.69) is 13.0 Å². The van der Waals surface area contributed by atoms with Gasteiger partial charge in [0.15, 0.2) is 5.79 Å². The summed E-state index contributed by atoms with van der Waals surface area (Å²) in [6.45, 7) is 4.76. The molecule has 10 heavy (non-hydrogen) atoms. The van der Waals surface area contributed by atoms with Gasteiger partial charge in [0.2, 0.25) is 0 Å². The maximum atomic E-state index is 5.66. The van der Waals surface area contributed by atoms with Crippen molar-refractivity contribution in [3.63, 3.8) is 0 Å². The van der Waals surface area contributed by atoms with Gasteiger partial charge in [-0.2, -0.15) is 0 Å². The normalized spacial score (nSPS) is 51.8. The van der Waals surface area contributed by atoms with E-state index in [1.807, 2.05) is 13.0 Å². The topological polar surface area (TPSA) is 18.5 Å². The second kappa shape index (κ2) is 1.63. The van der Waals surface area contributed by atoms with Crippen LogP contribution in [0.4, 0.5) is 0 Å². The Kier molecular flexibility index (Phi) is 1.04. The summed E-state index contributed by atoms with van der Waals surface area (Å²) in [6, 6.07) is 0. The summed E-state index contributed by atoms with van der Waals surface area (Å²) in [5, 5.41) is 0. The molecule has 2 aliphatic heterocycles. The summed E-state index contributed by atoms with van der Waals surface area (Å²) < 4.78 is 11.1. The molecule has 2 nitrogen and oxygen atoms in total. The average Bonchev–Trinajstić information content (AvgIpc) is 2.03. The van der Waals surface area contributed by atoms with E-state index in [9.17, 15) is 0 Å². The van der Waals surface area contributed by atoms with Crippen molar-refractivity contribution in [1.29, 1.82) is 0 Å². The quantitative estimate of drug-likeness (QED) is 0.474. The molecule has 0 spiro atoms. The lowest BCUT2D eigenvalue weighted by molar-refractivity contribution is -0.140. The first-order valence-electron chi connectivity index (χ1n) is 3.64. The molecule has 0 saturated carbocycles. The minimum atomic E-state index is -0.424. The monoisotopic (exact) mass is 140 g/mol. The van der Waals surface area contributed by atoms with Gasteiger partial charge in [-0.15, -0.1) is 0 Å². The third-order valence-electron chi connectivity index (χ3n) is 2.08. The van der Waals surface area contributed by atoms with Gasteiger partial charge < -0.3 is 9.47 Å². The summed E-state index contributed by atoms with van der Waals surface area (Å²) in [7, 11) is 0. The largest absolute Gasteiger partial charge is 0.344 e. The summed E-state index contributed by atoms with van der Waals surface area (Å²) in [5.41, 5.74) is -0.0521. The highest BCUT2D eigenvalue weighted by molar-refractivity contribution is 5.07. The Morgan fingerprint density at radius 1 is 1.40 bits per heavy atom. The Hall–Kier alpha value is -0.340. The van der Waals surface area contributed by atoms with Crippen LogP contribution in [0.25, 0.3) is 0 Å². The molecule has 1 saturated heterocycles. The third kappa shape index (κ3) is 0.796. The number of ether oxygens (including phenoxy) is 2. The summed E-state index contributed by atoms with van der Waals surface area (Å²) in [6.07, 6.45) is 5.10. The van der Waals surface area contributed by atoms with E-state index in [4.69, 9.17) is 9.47 Å². The van der Waals surface area contributed by atoms with Crippen molar-refractivity contribution in [2.24, 2.45) is 0 Å². The van der Waals surface area contributed by atoms with Crippen molar-refractivity contribution in [3.05, 3.63) is 12.2 Å². The molecular weight excluding hydrogens is 128 g/mol. The molecule has 0 aromatic carbocycles. The average molecular weight is 140 g/mol. The fourth-order valence-electron chi connectivity index (χ4n) is 1.55. The highest BCUT2D eigenvalue weighted by Gasteiger charge is 2.45. The minimum Gasteiger partial charge on any atom is -0.344 e. The van der Waals surface area contributed by atoms with Crippen molar-refractivity contribution in [2.75, 3.05) is 6.61 Å². The van der Waals surface area contributed by atoms with Crippen LogP contribution in [0.5, 0.6) is 0 Å². The van der Waals surface area contributed by atoms with Crippen molar-refractivity contribution in [2.45, 2.75) is 31.7 Å². The lowest BCUT2D eigenvalue weighted by Crippen LogP contribution is -2.33. The van der Waals surface area contributed by atoms with E-state index in [-0.39, 0.29) is 5.60 Å². The standard InChI is InChI=1S/C8H12O2/c1-7-4-3-5-8(2,10-7)9-6-7/h3,5H,4,6H2,1-2H3/t7-,8+/m1/s1. The number of rotatable bonds is 0. The molecule has 0 amide bonds. The predicted molar refractivity (Wildman–Crippen MR) is 37.6 cm³/mol. The molecule has 2 rings (SSSR count). The first-order valence-corrected chi connectivity index (χ1v) is 3.64. The van der Waals surface area contributed by atoms with E-state index in [1.165, 1.54) is 0 Å². The van der Waals surface area contributed by atoms with Gasteiger partial charge in [0.1, 0.15) is 0 Å². The molecule has 2 heterocycles. The van der Waals surface area contributed by atoms with Crippen molar-refractivity contribution in [3.8, 4) is 0 Å². The molecule has 0 N–H and O–H groups in total. The van der Waals surface area contributed by atoms with Crippen LogP contribution >= 0.6 is 0 Å². The van der Waals surface area contributed by atoms with Gasteiger partial charge in [0.25, 0.3) is 0 Å². The maximum absolute atomic E-state index is 5.66. The van der Waals surface area contributed by atoms with E-state index in [0.717, 1.165) is 13.0 Å². The van der Waals surface area contributed by atoms with Crippen LogP contribution in [0.1, 0.15) is 20.3 Å². The summed E-state index contributed by atoms with van der Waals surface area (Å²) >= 11 is 0. The van der Waals surface area contributed by atoms with E-state index in [1.54, 1.807) is 0 Å². The minimum absolute atomic E-state index is 0.0521. The zero-order valence-corrected chi connectivity index (χ0v) is 6.39. The Morgan fingerprint density at radius 3 is 2.80 bits per heavy atom. The first-order chi connectivity index (χ1) is 4.62. The Bertz CT molecular complexity index is 188. The van der Waals surface area contributed by atoms with Crippen molar-refractivity contribution < 1.29 is 9.47 Å². The molecule has 2 atom stereocenters. The lowest BCUT2D eigenvalue weighted by atomic mass is 10.0. The fourth-order valence-corrected chi connectivity index (χ4v) is 1.55. The van der Waals surface area contributed by atoms with Gasteiger partial charge in [0.05, 0.1) is 12.2 Å². The zero-order chi connectivity index (χ0) is 7.24. The molecule has 0 radical (unpaired) electrons. The van der Waals surface area contributed by atoms with Crippen LogP contribution in [-0.2, 0) is 9.47 Å². The number of fused-ring (bicyclic) bond motifs is 2. The summed E-state index contributed by atoms with van der Waals surface area (Å²) in [4.78, 5) is 0. The van der Waals surface area contributed by atoms with Crippen LogP contribution in [0.15, 0.2) is 12.2 Å². The van der Waals surface area contributed by atoms with Crippen LogP contribution in [-0.4, -0.2) is 18.0 Å². The van der Waals surface area contributed by atoms with Crippen molar-refractivity contribution >= 4 is 0 Å². The van der Waals surface area contributed by atoms with E-state index >= 15 is 0 Å². The SMILES string of the molecule is C[C@@]12CC=C[C@@](C)(OC1)O2. The van der Waals surface area contributed by atoms with Gasteiger partial charge in [0, 0.05) is 0 Å². The number of hydrogen-bond donors (Lipinski definition) is 0. The van der Waals surface area contributed by atoms with Gasteiger partial charge in [-0.25, -0.2) is 0 Å². The molecule has 2 bridgehead atoms. The third-order valence-corrected chi connectivity index (χ3v) is 2.08. The van der Waals surface area contributed by atoms with Crippen LogP contribution in [0.2, 0.25) is 0 Å². The van der Waals surface area contributed by atoms with Gasteiger partial charge in [-0.3, -0.25) is 0 Å². The highest BCUT2D eigenvalue weighted by Crippen LogP contribution is 2.38. The molecule has 2 heteroatoms. The Labute approximate surface area is 60.8 Å². The fraction of sp³-hybridized carbons (Fsp3) is 0.750. The Balaban J connectivity index is 2.32. The van der Waals surface area contributed by atoms with Crippen LogP contribution in [0.3, 0.4) is 0 Å². The molecule has 0 unspecified atom stereocenters.